The Balaban J connectivity index is 1.63. The number of hydrogen-bond acceptors (Lipinski definition) is 5. The van der Waals surface area contributed by atoms with Crippen molar-refractivity contribution < 1.29 is 19.1 Å². The molecule has 3 heterocycles. The number of nitrogens with one attached hydrogen (secondary N) is 1. The van der Waals surface area contributed by atoms with Crippen molar-refractivity contribution in [2.24, 2.45) is 0 Å². The Hall–Kier alpha value is -2.12. The largest absolute Gasteiger partial charge is 0.459 e. The first-order valence-corrected chi connectivity index (χ1v) is 8.80. The number of likely N-dealkylation sites (tertiary alicyclic amines) is 1. The van der Waals surface area contributed by atoms with Gasteiger partial charge >= 0.3 is 0 Å². The van der Waals surface area contributed by atoms with E-state index in [0.29, 0.717) is 13.0 Å². The van der Waals surface area contributed by atoms with E-state index in [0.717, 1.165) is 12.0 Å². The minimum Gasteiger partial charge on any atom is -0.459 e. The highest BCUT2D eigenvalue weighted by molar-refractivity contribution is 7.08. The van der Waals surface area contributed by atoms with E-state index < -0.39 is 11.6 Å². The number of carbonyl (C=O) groups excluding carboxylic acids is 2. The number of furan rings is 1. The number of aliphatic hydroxyl groups is 1. The molecular weight excluding hydrogens is 328 g/mol. The Kier molecular flexibility index (Phi) is 4.73. The summed E-state index contributed by atoms with van der Waals surface area (Å²) in [5.41, 5.74) is -0.368. The van der Waals surface area contributed by atoms with Crippen LogP contribution < -0.4 is 5.32 Å². The lowest BCUT2D eigenvalue weighted by atomic mass is 9.99. The van der Waals surface area contributed by atoms with E-state index in [1.54, 1.807) is 19.1 Å². The molecule has 2 atom stereocenters. The fraction of sp³-hybridized carbons (Fsp3) is 0.412. The molecule has 2 N–H and O–H groups in total. The molecule has 1 saturated heterocycles. The Morgan fingerprint density at radius 3 is 3.00 bits per heavy atom. The fourth-order valence-electron chi connectivity index (χ4n) is 2.87. The molecule has 2 aromatic rings. The van der Waals surface area contributed by atoms with Gasteiger partial charge in [-0.2, -0.15) is 11.3 Å². The molecule has 0 aliphatic carbocycles. The van der Waals surface area contributed by atoms with Crippen molar-refractivity contribution in [3.63, 3.8) is 0 Å². The van der Waals surface area contributed by atoms with Gasteiger partial charge in [-0.1, -0.05) is 0 Å². The van der Waals surface area contributed by atoms with Crippen LogP contribution in [-0.4, -0.2) is 41.0 Å². The van der Waals surface area contributed by atoms with Gasteiger partial charge < -0.3 is 19.7 Å². The average molecular weight is 348 g/mol. The third-order valence-corrected chi connectivity index (χ3v) is 4.98. The summed E-state index contributed by atoms with van der Waals surface area (Å²) in [5, 5.41) is 17.0. The van der Waals surface area contributed by atoms with Gasteiger partial charge in [0.15, 0.2) is 5.76 Å². The Morgan fingerprint density at radius 1 is 1.50 bits per heavy atom. The zero-order valence-electron chi connectivity index (χ0n) is 13.4. The second-order valence-electron chi connectivity index (χ2n) is 6.14. The zero-order valence-corrected chi connectivity index (χ0v) is 14.2. The summed E-state index contributed by atoms with van der Waals surface area (Å²) < 4.78 is 5.14. The molecule has 3 rings (SSSR count). The van der Waals surface area contributed by atoms with Crippen LogP contribution in [0.1, 0.15) is 35.9 Å². The number of nitrogens with zero attached hydrogens (tertiary/aromatic N) is 1. The van der Waals surface area contributed by atoms with E-state index in [-0.39, 0.29) is 24.1 Å². The molecule has 0 aromatic carbocycles. The summed E-state index contributed by atoms with van der Waals surface area (Å²) in [6, 6.07) is 4.55. The van der Waals surface area contributed by atoms with E-state index in [4.69, 9.17) is 4.42 Å². The standard InChI is InChI=1S/C17H20N2O4S/c1-17(22,12-6-9-24-10-12)11-18-15(20)13-4-2-7-19(13)16(21)14-5-3-8-23-14/h3,5-6,8-10,13,22H,2,4,7,11H2,1H3,(H,18,20)/t13-,17+/m0/s1. The SMILES string of the molecule is C[C@@](O)(CNC(=O)[C@@H]1CCCN1C(=O)c1ccco1)c1ccsc1. The first kappa shape index (κ1) is 16.7. The average Bonchev–Trinajstić information content (AvgIpc) is 3.34. The molecule has 0 spiro atoms. The fourth-order valence-corrected chi connectivity index (χ4v) is 3.66. The van der Waals surface area contributed by atoms with Gasteiger partial charge in [0, 0.05) is 6.54 Å². The van der Waals surface area contributed by atoms with Crippen LogP contribution in [0.5, 0.6) is 0 Å². The smallest absolute Gasteiger partial charge is 0.290 e. The number of rotatable bonds is 5. The molecule has 0 radical (unpaired) electrons. The van der Waals surface area contributed by atoms with Crippen LogP contribution >= 0.6 is 11.3 Å². The lowest BCUT2D eigenvalue weighted by Crippen LogP contribution is -2.48. The molecule has 1 fully saturated rings. The van der Waals surface area contributed by atoms with Crippen LogP contribution in [0.25, 0.3) is 0 Å². The predicted molar refractivity (Wildman–Crippen MR) is 89.7 cm³/mol. The quantitative estimate of drug-likeness (QED) is 0.865. The highest BCUT2D eigenvalue weighted by Gasteiger charge is 2.36. The highest BCUT2D eigenvalue weighted by atomic mass is 32.1. The predicted octanol–water partition coefficient (Wildman–Crippen LogP) is 1.97. The lowest BCUT2D eigenvalue weighted by Gasteiger charge is -2.26. The Morgan fingerprint density at radius 2 is 2.33 bits per heavy atom. The summed E-state index contributed by atoms with van der Waals surface area (Å²) in [5.74, 6) is -0.287. The van der Waals surface area contributed by atoms with Crippen LogP contribution in [0, 0.1) is 0 Å². The van der Waals surface area contributed by atoms with Crippen molar-refractivity contribution in [3.05, 3.63) is 46.5 Å². The molecule has 128 valence electrons. The van der Waals surface area contributed by atoms with E-state index in [1.807, 2.05) is 16.8 Å². The van der Waals surface area contributed by atoms with Crippen LogP contribution in [0.15, 0.2) is 39.6 Å². The van der Waals surface area contributed by atoms with Gasteiger partial charge in [0.2, 0.25) is 5.91 Å². The number of thiophene rings is 1. The second kappa shape index (κ2) is 6.78. The molecule has 1 aliphatic heterocycles. The van der Waals surface area contributed by atoms with E-state index in [9.17, 15) is 14.7 Å². The van der Waals surface area contributed by atoms with Crippen molar-refractivity contribution in [1.82, 2.24) is 10.2 Å². The van der Waals surface area contributed by atoms with Gasteiger partial charge in [-0.15, -0.1) is 0 Å². The summed E-state index contributed by atoms with van der Waals surface area (Å²) in [6.45, 7) is 2.29. The molecule has 7 heteroatoms. The van der Waals surface area contributed by atoms with Crippen molar-refractivity contribution in [2.45, 2.75) is 31.4 Å². The summed E-state index contributed by atoms with van der Waals surface area (Å²) in [7, 11) is 0. The van der Waals surface area contributed by atoms with Crippen LogP contribution in [0.4, 0.5) is 0 Å². The van der Waals surface area contributed by atoms with Crippen LogP contribution in [0.3, 0.4) is 0 Å². The van der Waals surface area contributed by atoms with Crippen molar-refractivity contribution in [3.8, 4) is 0 Å². The maximum Gasteiger partial charge on any atom is 0.290 e. The summed E-state index contributed by atoms with van der Waals surface area (Å²) >= 11 is 1.49. The van der Waals surface area contributed by atoms with Gasteiger partial charge in [0.25, 0.3) is 5.91 Å². The highest BCUT2D eigenvalue weighted by Crippen LogP contribution is 2.23. The third kappa shape index (κ3) is 3.37. The molecule has 0 unspecified atom stereocenters. The minimum atomic E-state index is -1.13. The van der Waals surface area contributed by atoms with Crippen molar-refractivity contribution >= 4 is 23.2 Å². The third-order valence-electron chi connectivity index (χ3n) is 4.30. The monoisotopic (exact) mass is 348 g/mol. The molecule has 2 aromatic heterocycles. The molecule has 6 nitrogen and oxygen atoms in total. The topological polar surface area (TPSA) is 82.8 Å². The number of amides is 2. The van der Waals surface area contributed by atoms with Crippen LogP contribution in [-0.2, 0) is 10.4 Å². The lowest BCUT2D eigenvalue weighted by molar-refractivity contribution is -0.126. The van der Waals surface area contributed by atoms with Crippen molar-refractivity contribution in [2.75, 3.05) is 13.1 Å². The van der Waals surface area contributed by atoms with Crippen LogP contribution in [0.2, 0.25) is 0 Å². The Bertz CT molecular complexity index is 694. The van der Waals surface area contributed by atoms with Gasteiger partial charge in [-0.25, -0.2) is 0 Å². The maximum absolute atomic E-state index is 12.5. The van der Waals surface area contributed by atoms with Gasteiger partial charge in [-0.3, -0.25) is 9.59 Å². The minimum absolute atomic E-state index is 0.0991. The van der Waals surface area contributed by atoms with Gasteiger partial charge in [0.05, 0.1) is 12.8 Å². The molecule has 0 bridgehead atoms. The second-order valence-corrected chi connectivity index (χ2v) is 6.92. The molecule has 2 amide bonds. The maximum atomic E-state index is 12.5. The van der Waals surface area contributed by atoms with Crippen molar-refractivity contribution in [1.29, 1.82) is 0 Å². The zero-order chi connectivity index (χ0) is 17.2. The van der Waals surface area contributed by atoms with E-state index >= 15 is 0 Å². The van der Waals surface area contributed by atoms with Gasteiger partial charge in [0.1, 0.15) is 11.6 Å². The Labute approximate surface area is 144 Å². The van der Waals surface area contributed by atoms with E-state index in [2.05, 4.69) is 5.32 Å². The molecule has 0 saturated carbocycles. The molecular formula is C17H20N2O4S. The van der Waals surface area contributed by atoms with E-state index in [1.165, 1.54) is 22.5 Å². The molecule has 1 aliphatic rings. The summed E-state index contributed by atoms with van der Waals surface area (Å²) in [6.07, 6.45) is 2.82. The van der Waals surface area contributed by atoms with Gasteiger partial charge in [-0.05, 0) is 54.3 Å². The first-order chi connectivity index (χ1) is 11.5. The normalized spacial score (nSPS) is 19.9. The summed E-state index contributed by atoms with van der Waals surface area (Å²) in [4.78, 5) is 26.5. The number of carbonyl (C=O) groups is 2. The first-order valence-electron chi connectivity index (χ1n) is 7.86. The molecule has 24 heavy (non-hydrogen) atoms. The number of hydrogen-bond donors (Lipinski definition) is 2.